The average molecular weight is 188 g/mol. The number of rotatable bonds is 0. The maximum atomic E-state index is 9.50. The van der Waals surface area contributed by atoms with Gasteiger partial charge in [0.25, 0.3) is 0 Å². The summed E-state index contributed by atoms with van der Waals surface area (Å²) in [5, 5.41) is 9.50. The first kappa shape index (κ1) is 9.19. The summed E-state index contributed by atoms with van der Waals surface area (Å²) in [6.45, 7) is 0.481. The Balaban J connectivity index is 2.55. The van der Waals surface area contributed by atoms with Crippen LogP contribution in [0.5, 0.6) is 0 Å². The molecule has 2 nitrogen and oxygen atoms in total. The second kappa shape index (κ2) is 4.22. The molecule has 0 saturated carbocycles. The first-order chi connectivity index (χ1) is 6.88. The molecule has 1 aliphatic rings. The van der Waals surface area contributed by atoms with E-state index in [-0.39, 0.29) is 0 Å². The molecular weight excluding hydrogens is 176 g/mol. The average Bonchev–Trinajstić information content (AvgIpc) is 2.55. The Morgan fingerprint density at radius 1 is 1.00 bits per heavy atom. The third-order valence-electron chi connectivity index (χ3n) is 2.16. The van der Waals surface area contributed by atoms with Crippen molar-refractivity contribution in [3.63, 3.8) is 0 Å². The molecule has 0 unspecified atom stereocenters. The summed E-state index contributed by atoms with van der Waals surface area (Å²) >= 11 is 0. The van der Waals surface area contributed by atoms with Crippen LogP contribution < -0.4 is 0 Å². The van der Waals surface area contributed by atoms with Gasteiger partial charge in [0.1, 0.15) is 0 Å². The highest BCUT2D eigenvalue weighted by Crippen LogP contribution is 2.26. The Hall–Kier alpha value is -1.38. The van der Waals surface area contributed by atoms with Gasteiger partial charge in [0.15, 0.2) is 6.29 Å². The molecule has 1 aromatic carbocycles. The minimum atomic E-state index is -0.775. The lowest BCUT2D eigenvalue weighted by Crippen LogP contribution is -1.90. The minimum absolute atomic E-state index is 0.481. The standard InChI is InChI=1S/C12H12O2/c13-12-11-8-6-4-2-1-3-5-7-10(11)9-14-12/h1-8,12-13H,9H2/t12-/m0/s1. The Labute approximate surface area is 83.1 Å². The van der Waals surface area contributed by atoms with Crippen molar-refractivity contribution in [3.05, 3.63) is 59.7 Å². The van der Waals surface area contributed by atoms with Crippen LogP contribution in [-0.2, 0) is 11.3 Å². The Bertz CT molecular complexity index is 373. The molecular formula is C12H12O2. The number of hydrogen-bond donors (Lipinski definition) is 1. The molecule has 0 bridgehead atoms. The van der Waals surface area contributed by atoms with Crippen molar-refractivity contribution in [2.24, 2.45) is 0 Å². The summed E-state index contributed by atoms with van der Waals surface area (Å²) in [4.78, 5) is 0. The van der Waals surface area contributed by atoms with Gasteiger partial charge in [0, 0.05) is 5.56 Å². The molecule has 1 aromatic rings. The maximum absolute atomic E-state index is 9.50. The molecule has 0 saturated heterocycles. The first-order valence-electron chi connectivity index (χ1n) is 4.59. The number of aliphatic hydroxyl groups is 1. The third kappa shape index (κ3) is 1.92. The summed E-state index contributed by atoms with van der Waals surface area (Å²) in [7, 11) is 0. The van der Waals surface area contributed by atoms with E-state index in [2.05, 4.69) is 0 Å². The number of hydrogen-bond acceptors (Lipinski definition) is 2. The smallest absolute Gasteiger partial charge is 0.181 e. The topological polar surface area (TPSA) is 29.5 Å². The number of aliphatic hydroxyl groups excluding tert-OH is 1. The number of ether oxygens (including phenoxy) is 1. The normalized spacial score (nSPS) is 18.5. The van der Waals surface area contributed by atoms with Crippen LogP contribution in [-0.4, -0.2) is 5.11 Å². The van der Waals surface area contributed by atoms with Crippen LogP contribution in [0.15, 0.2) is 48.5 Å². The molecule has 1 N–H and O–H groups in total. The van der Waals surface area contributed by atoms with Crippen LogP contribution in [0, 0.1) is 0 Å². The van der Waals surface area contributed by atoms with Gasteiger partial charge in [-0.25, -0.2) is 0 Å². The van der Waals surface area contributed by atoms with Gasteiger partial charge in [-0.05, 0) is 5.56 Å². The molecule has 0 radical (unpaired) electrons. The molecule has 0 amide bonds. The van der Waals surface area contributed by atoms with E-state index < -0.39 is 6.29 Å². The molecule has 2 heteroatoms. The minimum Gasteiger partial charge on any atom is -0.364 e. The van der Waals surface area contributed by atoms with Crippen molar-refractivity contribution >= 4 is 0 Å². The van der Waals surface area contributed by atoms with E-state index in [0.29, 0.717) is 6.61 Å². The maximum Gasteiger partial charge on any atom is 0.181 e. The van der Waals surface area contributed by atoms with Crippen LogP contribution in [0.3, 0.4) is 0 Å². The summed E-state index contributed by atoms with van der Waals surface area (Å²) < 4.78 is 5.12. The fraction of sp³-hybridized carbons (Fsp3) is 0.167. The van der Waals surface area contributed by atoms with E-state index >= 15 is 0 Å². The van der Waals surface area contributed by atoms with E-state index in [0.717, 1.165) is 11.1 Å². The quantitative estimate of drug-likeness (QED) is 0.677. The van der Waals surface area contributed by atoms with E-state index in [4.69, 9.17) is 4.74 Å². The van der Waals surface area contributed by atoms with E-state index in [1.165, 1.54) is 0 Å². The molecule has 1 aliphatic heterocycles. The zero-order chi connectivity index (χ0) is 9.80. The fourth-order valence-corrected chi connectivity index (χ4v) is 1.42. The Kier molecular flexibility index (Phi) is 2.77. The first-order valence-corrected chi connectivity index (χ1v) is 4.59. The van der Waals surface area contributed by atoms with Crippen molar-refractivity contribution in [2.75, 3.05) is 0 Å². The Morgan fingerprint density at radius 3 is 2.43 bits per heavy atom. The van der Waals surface area contributed by atoms with Crippen LogP contribution in [0.1, 0.15) is 17.4 Å². The third-order valence-corrected chi connectivity index (χ3v) is 2.16. The van der Waals surface area contributed by atoms with Gasteiger partial charge in [-0.15, -0.1) is 0 Å². The predicted molar refractivity (Wildman–Crippen MR) is 53.8 cm³/mol. The van der Waals surface area contributed by atoms with Crippen molar-refractivity contribution in [2.45, 2.75) is 12.9 Å². The second-order valence-electron chi connectivity index (χ2n) is 3.13. The summed E-state index contributed by atoms with van der Waals surface area (Å²) in [6.07, 6.45) is -0.775. The fourth-order valence-electron chi connectivity index (χ4n) is 1.42. The highest BCUT2D eigenvalue weighted by molar-refractivity contribution is 5.27. The number of fused-ring (bicyclic) bond motifs is 1. The summed E-state index contributed by atoms with van der Waals surface area (Å²) in [5.41, 5.74) is 1.88. The van der Waals surface area contributed by atoms with Gasteiger partial charge >= 0.3 is 0 Å². The lowest BCUT2D eigenvalue weighted by molar-refractivity contribution is -0.0918. The largest absolute Gasteiger partial charge is 0.364 e. The van der Waals surface area contributed by atoms with E-state index in [1.54, 1.807) is 0 Å². The van der Waals surface area contributed by atoms with E-state index in [9.17, 15) is 5.11 Å². The van der Waals surface area contributed by atoms with Crippen LogP contribution >= 0.6 is 0 Å². The molecule has 14 heavy (non-hydrogen) atoms. The van der Waals surface area contributed by atoms with Crippen LogP contribution in [0.4, 0.5) is 0 Å². The van der Waals surface area contributed by atoms with Crippen molar-refractivity contribution in [1.82, 2.24) is 0 Å². The van der Waals surface area contributed by atoms with Crippen molar-refractivity contribution in [3.8, 4) is 0 Å². The summed E-state index contributed by atoms with van der Waals surface area (Å²) in [5.74, 6) is 0. The lowest BCUT2D eigenvalue weighted by atomic mass is 10.1. The predicted octanol–water partition coefficient (Wildman–Crippen LogP) is 2.33. The molecule has 0 fully saturated rings. The Morgan fingerprint density at radius 2 is 1.64 bits per heavy atom. The highest BCUT2D eigenvalue weighted by Gasteiger charge is 2.18. The van der Waals surface area contributed by atoms with Crippen LogP contribution in [0.2, 0.25) is 0 Å². The monoisotopic (exact) mass is 188 g/mol. The summed E-state index contributed by atoms with van der Waals surface area (Å²) in [6, 6.07) is 15.5. The van der Waals surface area contributed by atoms with E-state index in [1.807, 2.05) is 48.5 Å². The zero-order valence-corrected chi connectivity index (χ0v) is 7.76. The lowest BCUT2D eigenvalue weighted by Gasteiger charge is -1.98. The second-order valence-corrected chi connectivity index (χ2v) is 3.13. The molecule has 0 aliphatic carbocycles. The van der Waals surface area contributed by atoms with Gasteiger partial charge in [0.05, 0.1) is 6.61 Å². The molecule has 2 rings (SSSR count). The molecule has 0 spiro atoms. The molecule has 1 heterocycles. The highest BCUT2D eigenvalue weighted by atomic mass is 16.6. The van der Waals surface area contributed by atoms with Gasteiger partial charge < -0.3 is 9.84 Å². The van der Waals surface area contributed by atoms with Crippen LogP contribution in [0.25, 0.3) is 0 Å². The van der Waals surface area contributed by atoms with Crippen molar-refractivity contribution in [1.29, 1.82) is 0 Å². The molecule has 72 valence electrons. The van der Waals surface area contributed by atoms with Gasteiger partial charge in [-0.1, -0.05) is 48.5 Å². The van der Waals surface area contributed by atoms with Gasteiger partial charge in [-0.2, -0.15) is 0 Å². The SMILES string of the molecule is O[C@H]1OCc2ccccccccc21. The molecule has 1 atom stereocenters. The molecule has 0 aromatic heterocycles. The van der Waals surface area contributed by atoms with Crippen molar-refractivity contribution < 1.29 is 9.84 Å². The zero-order valence-electron chi connectivity index (χ0n) is 7.76. The van der Waals surface area contributed by atoms with Gasteiger partial charge in [-0.3, -0.25) is 0 Å². The van der Waals surface area contributed by atoms with Gasteiger partial charge in [0.2, 0.25) is 0 Å².